The molecule has 2 N–H and O–H groups in total. The molecule has 0 fully saturated rings. The van der Waals surface area contributed by atoms with Gasteiger partial charge < -0.3 is 10.5 Å². The Morgan fingerprint density at radius 1 is 1.15 bits per heavy atom. The molecule has 0 atom stereocenters. The molecule has 20 heavy (non-hydrogen) atoms. The van der Waals surface area contributed by atoms with Gasteiger partial charge in [0.1, 0.15) is 5.75 Å². The second kappa shape index (κ2) is 6.64. The third kappa shape index (κ3) is 3.89. The zero-order valence-electron chi connectivity index (χ0n) is 11.8. The highest BCUT2D eigenvalue weighted by Crippen LogP contribution is 2.21. The van der Waals surface area contributed by atoms with Gasteiger partial charge in [-0.1, -0.05) is 29.8 Å². The summed E-state index contributed by atoms with van der Waals surface area (Å²) in [6.07, 6.45) is 0. The Morgan fingerprint density at radius 3 is 2.65 bits per heavy atom. The monoisotopic (exact) mass is 290 g/mol. The van der Waals surface area contributed by atoms with E-state index in [1.165, 1.54) is 5.56 Å². The number of rotatable bonds is 5. The summed E-state index contributed by atoms with van der Waals surface area (Å²) < 4.78 is 5.23. The summed E-state index contributed by atoms with van der Waals surface area (Å²) in [4.78, 5) is 2.20. The summed E-state index contributed by atoms with van der Waals surface area (Å²) in [7, 11) is 3.74. The molecule has 0 amide bonds. The Labute approximate surface area is 124 Å². The maximum Gasteiger partial charge on any atom is 0.119 e. The van der Waals surface area contributed by atoms with Crippen LogP contribution in [0.3, 0.4) is 0 Å². The molecule has 106 valence electrons. The van der Waals surface area contributed by atoms with Gasteiger partial charge in [-0.15, -0.1) is 0 Å². The number of methoxy groups -OCH3 is 1. The highest BCUT2D eigenvalue weighted by Gasteiger charge is 2.06. The van der Waals surface area contributed by atoms with Crippen LogP contribution < -0.4 is 10.5 Å². The fourth-order valence-electron chi connectivity index (χ4n) is 2.12. The number of nitrogen functional groups attached to an aromatic ring is 1. The fraction of sp³-hybridized carbons (Fsp3) is 0.250. The van der Waals surface area contributed by atoms with Crippen LogP contribution >= 0.6 is 11.6 Å². The van der Waals surface area contributed by atoms with E-state index < -0.39 is 0 Å². The summed E-state index contributed by atoms with van der Waals surface area (Å²) in [6, 6.07) is 13.7. The highest BCUT2D eigenvalue weighted by atomic mass is 35.5. The Balaban J connectivity index is 2.02. The molecule has 0 bridgehead atoms. The standard InChI is InChI=1S/C16H19ClN2O/c1-19(10-12-4-3-5-15(8-12)20-2)11-13-6-7-14(18)9-16(13)17/h3-9H,10-11,18H2,1-2H3. The number of anilines is 1. The molecular formula is C16H19ClN2O. The van der Waals surface area contributed by atoms with Crippen molar-refractivity contribution in [2.24, 2.45) is 0 Å². The average molecular weight is 291 g/mol. The first-order valence-electron chi connectivity index (χ1n) is 6.44. The minimum absolute atomic E-state index is 0.689. The Kier molecular flexibility index (Phi) is 4.88. The van der Waals surface area contributed by atoms with Gasteiger partial charge in [-0.25, -0.2) is 0 Å². The molecule has 0 aliphatic heterocycles. The van der Waals surface area contributed by atoms with Gasteiger partial charge in [0.25, 0.3) is 0 Å². The van der Waals surface area contributed by atoms with Crippen LogP contribution in [0.25, 0.3) is 0 Å². The van der Waals surface area contributed by atoms with Crippen LogP contribution in [-0.4, -0.2) is 19.1 Å². The smallest absolute Gasteiger partial charge is 0.119 e. The minimum atomic E-state index is 0.689. The summed E-state index contributed by atoms with van der Waals surface area (Å²) in [5, 5.41) is 0.711. The normalized spacial score (nSPS) is 10.8. The molecule has 0 spiro atoms. The quantitative estimate of drug-likeness (QED) is 0.856. The van der Waals surface area contributed by atoms with Crippen molar-refractivity contribution in [1.29, 1.82) is 0 Å². The predicted molar refractivity (Wildman–Crippen MR) is 84.0 cm³/mol. The van der Waals surface area contributed by atoms with Crippen LogP contribution in [0.4, 0.5) is 5.69 Å². The lowest BCUT2D eigenvalue weighted by molar-refractivity contribution is 0.318. The van der Waals surface area contributed by atoms with Crippen molar-refractivity contribution in [1.82, 2.24) is 4.90 Å². The number of hydrogen-bond donors (Lipinski definition) is 1. The minimum Gasteiger partial charge on any atom is -0.497 e. The molecule has 0 heterocycles. The van der Waals surface area contributed by atoms with Crippen molar-refractivity contribution in [3.05, 3.63) is 58.6 Å². The number of ether oxygens (including phenoxy) is 1. The predicted octanol–water partition coefficient (Wildman–Crippen LogP) is 3.56. The lowest BCUT2D eigenvalue weighted by Gasteiger charge is -2.18. The highest BCUT2D eigenvalue weighted by molar-refractivity contribution is 6.31. The van der Waals surface area contributed by atoms with Crippen LogP contribution in [0.15, 0.2) is 42.5 Å². The van der Waals surface area contributed by atoms with E-state index in [2.05, 4.69) is 18.0 Å². The van der Waals surface area contributed by atoms with E-state index in [0.29, 0.717) is 10.7 Å². The zero-order chi connectivity index (χ0) is 14.5. The third-order valence-corrected chi connectivity index (χ3v) is 3.46. The van der Waals surface area contributed by atoms with Gasteiger partial charge in [0, 0.05) is 23.8 Å². The van der Waals surface area contributed by atoms with Crippen molar-refractivity contribution in [2.75, 3.05) is 19.9 Å². The Hall–Kier alpha value is -1.71. The van der Waals surface area contributed by atoms with E-state index in [-0.39, 0.29) is 0 Å². The summed E-state index contributed by atoms with van der Waals surface area (Å²) in [5.41, 5.74) is 8.67. The molecule has 0 aromatic heterocycles. The van der Waals surface area contributed by atoms with E-state index in [4.69, 9.17) is 22.1 Å². The molecule has 3 nitrogen and oxygen atoms in total. The molecule has 2 aromatic carbocycles. The summed E-state index contributed by atoms with van der Waals surface area (Å²) >= 11 is 6.20. The van der Waals surface area contributed by atoms with Crippen molar-refractivity contribution in [3.8, 4) is 5.75 Å². The van der Waals surface area contributed by atoms with Crippen LogP contribution in [0.5, 0.6) is 5.75 Å². The second-order valence-electron chi connectivity index (χ2n) is 4.87. The zero-order valence-corrected chi connectivity index (χ0v) is 12.5. The summed E-state index contributed by atoms with van der Waals surface area (Å²) in [6.45, 7) is 1.61. The van der Waals surface area contributed by atoms with E-state index >= 15 is 0 Å². The van der Waals surface area contributed by atoms with Crippen molar-refractivity contribution < 1.29 is 4.74 Å². The van der Waals surface area contributed by atoms with Crippen molar-refractivity contribution in [3.63, 3.8) is 0 Å². The van der Waals surface area contributed by atoms with E-state index in [1.807, 2.05) is 30.3 Å². The number of nitrogens with zero attached hydrogens (tertiary/aromatic N) is 1. The average Bonchev–Trinajstić information content (AvgIpc) is 2.42. The van der Waals surface area contributed by atoms with Gasteiger partial charge in [-0.05, 0) is 42.4 Å². The second-order valence-corrected chi connectivity index (χ2v) is 5.28. The number of halogens is 1. The van der Waals surface area contributed by atoms with Gasteiger partial charge in [0.2, 0.25) is 0 Å². The molecule has 0 saturated carbocycles. The van der Waals surface area contributed by atoms with Gasteiger partial charge in [-0.2, -0.15) is 0 Å². The molecule has 0 radical (unpaired) electrons. The first-order chi connectivity index (χ1) is 9.58. The van der Waals surface area contributed by atoms with E-state index in [9.17, 15) is 0 Å². The number of hydrogen-bond acceptors (Lipinski definition) is 3. The maximum absolute atomic E-state index is 6.20. The SMILES string of the molecule is COc1cccc(CN(C)Cc2ccc(N)cc2Cl)c1. The fourth-order valence-corrected chi connectivity index (χ4v) is 2.37. The molecule has 2 aromatic rings. The Bertz CT molecular complexity index is 586. The van der Waals surface area contributed by atoms with Gasteiger partial charge in [0.15, 0.2) is 0 Å². The molecule has 0 saturated heterocycles. The first-order valence-corrected chi connectivity index (χ1v) is 6.81. The van der Waals surface area contributed by atoms with Crippen molar-refractivity contribution >= 4 is 17.3 Å². The topological polar surface area (TPSA) is 38.5 Å². The largest absolute Gasteiger partial charge is 0.497 e. The maximum atomic E-state index is 6.20. The molecule has 0 unspecified atom stereocenters. The molecule has 4 heteroatoms. The van der Waals surface area contributed by atoms with Crippen LogP contribution in [-0.2, 0) is 13.1 Å². The lowest BCUT2D eigenvalue weighted by Crippen LogP contribution is -2.17. The van der Waals surface area contributed by atoms with Crippen molar-refractivity contribution in [2.45, 2.75) is 13.1 Å². The summed E-state index contributed by atoms with van der Waals surface area (Å²) in [5.74, 6) is 0.876. The Morgan fingerprint density at radius 2 is 1.95 bits per heavy atom. The van der Waals surface area contributed by atoms with Crippen LogP contribution in [0.1, 0.15) is 11.1 Å². The molecule has 2 rings (SSSR count). The molecule has 0 aliphatic carbocycles. The molecule has 0 aliphatic rings. The lowest BCUT2D eigenvalue weighted by atomic mass is 10.1. The molecular weight excluding hydrogens is 272 g/mol. The third-order valence-electron chi connectivity index (χ3n) is 3.10. The van der Waals surface area contributed by atoms with Crippen LogP contribution in [0.2, 0.25) is 5.02 Å². The first kappa shape index (κ1) is 14.7. The number of benzene rings is 2. The van der Waals surface area contributed by atoms with Crippen LogP contribution in [0, 0.1) is 0 Å². The van der Waals surface area contributed by atoms with Gasteiger partial charge >= 0.3 is 0 Å². The van der Waals surface area contributed by atoms with E-state index in [0.717, 1.165) is 24.4 Å². The number of nitrogens with two attached hydrogens (primary N) is 1. The van der Waals surface area contributed by atoms with E-state index in [1.54, 1.807) is 13.2 Å². The van der Waals surface area contributed by atoms with Gasteiger partial charge in [-0.3, -0.25) is 4.90 Å². The van der Waals surface area contributed by atoms with Gasteiger partial charge in [0.05, 0.1) is 7.11 Å².